The largest absolute Gasteiger partial charge is 0.462 e. The number of alkyl carbamates (subject to hydrolysis) is 1. The standard InChI is InChI=1S/C12H16N2O4S/c1-4-6-18-12(16)13-7-9-14-8(3)10(19-9)11(15)17-5-2/h4H,1,5-7H2,2-3H3,(H,13,16). The van der Waals surface area contributed by atoms with E-state index in [1.807, 2.05) is 0 Å². The van der Waals surface area contributed by atoms with Gasteiger partial charge in [0, 0.05) is 0 Å². The zero-order valence-electron chi connectivity index (χ0n) is 10.9. The molecule has 0 spiro atoms. The van der Waals surface area contributed by atoms with Crippen LogP contribution in [0.1, 0.15) is 27.3 Å². The van der Waals surface area contributed by atoms with E-state index in [-0.39, 0.29) is 13.2 Å². The van der Waals surface area contributed by atoms with E-state index in [2.05, 4.69) is 16.9 Å². The first-order chi connectivity index (χ1) is 9.08. The Kier molecular flexibility index (Phi) is 6.01. The summed E-state index contributed by atoms with van der Waals surface area (Å²) in [7, 11) is 0. The number of hydrogen-bond donors (Lipinski definition) is 1. The highest BCUT2D eigenvalue weighted by Gasteiger charge is 2.16. The van der Waals surface area contributed by atoms with Crippen molar-refractivity contribution in [2.24, 2.45) is 0 Å². The Bertz CT molecular complexity index is 470. The van der Waals surface area contributed by atoms with Crippen LogP contribution in [0.25, 0.3) is 0 Å². The number of rotatable bonds is 6. The molecular formula is C12H16N2O4S. The maximum Gasteiger partial charge on any atom is 0.407 e. The Morgan fingerprint density at radius 1 is 1.47 bits per heavy atom. The van der Waals surface area contributed by atoms with Crippen molar-refractivity contribution in [1.82, 2.24) is 10.3 Å². The number of amides is 1. The Morgan fingerprint density at radius 3 is 2.84 bits per heavy atom. The fraction of sp³-hybridized carbons (Fsp3) is 0.417. The van der Waals surface area contributed by atoms with E-state index in [1.54, 1.807) is 13.8 Å². The molecule has 0 saturated heterocycles. The summed E-state index contributed by atoms with van der Waals surface area (Å²) < 4.78 is 9.66. The second-order valence-electron chi connectivity index (χ2n) is 3.48. The van der Waals surface area contributed by atoms with Gasteiger partial charge >= 0.3 is 12.1 Å². The van der Waals surface area contributed by atoms with Gasteiger partial charge in [0.05, 0.1) is 18.8 Å². The summed E-state index contributed by atoms with van der Waals surface area (Å²) in [5, 5.41) is 3.15. The number of nitrogens with one attached hydrogen (secondary N) is 1. The SMILES string of the molecule is C=CCOC(=O)NCc1nc(C)c(C(=O)OCC)s1. The number of carbonyl (C=O) groups is 2. The molecule has 0 aliphatic heterocycles. The van der Waals surface area contributed by atoms with E-state index in [9.17, 15) is 9.59 Å². The van der Waals surface area contributed by atoms with Crippen molar-refractivity contribution in [3.05, 3.63) is 28.2 Å². The van der Waals surface area contributed by atoms with Crippen molar-refractivity contribution in [2.45, 2.75) is 20.4 Å². The summed E-state index contributed by atoms with van der Waals surface area (Å²) in [6.45, 7) is 7.58. The smallest absolute Gasteiger partial charge is 0.407 e. The highest BCUT2D eigenvalue weighted by molar-refractivity contribution is 7.13. The molecule has 1 rings (SSSR count). The van der Waals surface area contributed by atoms with Crippen molar-refractivity contribution < 1.29 is 19.1 Å². The first-order valence-electron chi connectivity index (χ1n) is 5.73. The zero-order valence-corrected chi connectivity index (χ0v) is 11.7. The molecule has 0 radical (unpaired) electrons. The number of nitrogens with zero attached hydrogens (tertiary/aromatic N) is 1. The van der Waals surface area contributed by atoms with Crippen LogP contribution in [0.3, 0.4) is 0 Å². The molecule has 0 unspecified atom stereocenters. The predicted octanol–water partition coefficient (Wildman–Crippen LogP) is 2.04. The van der Waals surface area contributed by atoms with E-state index in [0.717, 1.165) is 0 Å². The number of esters is 1. The van der Waals surface area contributed by atoms with Gasteiger partial charge in [0.25, 0.3) is 0 Å². The molecule has 0 aromatic carbocycles. The molecule has 0 saturated carbocycles. The minimum absolute atomic E-state index is 0.150. The lowest BCUT2D eigenvalue weighted by molar-refractivity contribution is 0.0531. The first kappa shape index (κ1) is 15.2. The van der Waals surface area contributed by atoms with E-state index in [1.165, 1.54) is 17.4 Å². The molecular weight excluding hydrogens is 268 g/mol. The van der Waals surface area contributed by atoms with Gasteiger partial charge in [0.15, 0.2) is 0 Å². The third-order valence-electron chi connectivity index (χ3n) is 2.02. The minimum atomic E-state index is -0.551. The molecule has 1 heterocycles. The van der Waals surface area contributed by atoms with Gasteiger partial charge in [0.1, 0.15) is 16.5 Å². The number of ether oxygens (including phenoxy) is 2. The first-order valence-corrected chi connectivity index (χ1v) is 6.55. The molecule has 7 heteroatoms. The van der Waals surface area contributed by atoms with Crippen LogP contribution >= 0.6 is 11.3 Å². The average molecular weight is 284 g/mol. The van der Waals surface area contributed by atoms with Gasteiger partial charge in [-0.2, -0.15) is 0 Å². The Morgan fingerprint density at radius 2 is 2.21 bits per heavy atom. The van der Waals surface area contributed by atoms with Gasteiger partial charge in [-0.3, -0.25) is 0 Å². The lowest BCUT2D eigenvalue weighted by Crippen LogP contribution is -2.23. The summed E-state index contributed by atoms with van der Waals surface area (Å²) in [5.74, 6) is -0.391. The predicted molar refractivity (Wildman–Crippen MR) is 71.2 cm³/mol. The Labute approximate surface area is 115 Å². The highest BCUT2D eigenvalue weighted by Crippen LogP contribution is 2.19. The third-order valence-corrected chi connectivity index (χ3v) is 3.16. The maximum atomic E-state index is 11.6. The van der Waals surface area contributed by atoms with Crippen LogP contribution in [0, 0.1) is 6.92 Å². The quantitative estimate of drug-likeness (QED) is 0.639. The summed E-state index contributed by atoms with van der Waals surface area (Å²) >= 11 is 1.20. The molecule has 0 aliphatic carbocycles. The van der Waals surface area contributed by atoms with Crippen molar-refractivity contribution in [3.63, 3.8) is 0 Å². The Hall–Kier alpha value is -1.89. The van der Waals surface area contributed by atoms with Crippen LogP contribution in [0.5, 0.6) is 0 Å². The molecule has 19 heavy (non-hydrogen) atoms. The van der Waals surface area contributed by atoms with E-state index in [0.29, 0.717) is 22.2 Å². The molecule has 0 fully saturated rings. The van der Waals surface area contributed by atoms with Crippen LogP contribution in [0.15, 0.2) is 12.7 Å². The molecule has 6 nitrogen and oxygen atoms in total. The normalized spacial score (nSPS) is 9.79. The Balaban J connectivity index is 2.56. The lowest BCUT2D eigenvalue weighted by atomic mass is 10.4. The molecule has 1 N–H and O–H groups in total. The fourth-order valence-corrected chi connectivity index (χ4v) is 2.15. The van der Waals surface area contributed by atoms with Crippen molar-refractivity contribution in [2.75, 3.05) is 13.2 Å². The molecule has 1 aromatic rings. The second kappa shape index (κ2) is 7.52. The molecule has 1 aromatic heterocycles. The molecule has 104 valence electrons. The van der Waals surface area contributed by atoms with Crippen molar-refractivity contribution in [1.29, 1.82) is 0 Å². The average Bonchev–Trinajstić information content (AvgIpc) is 2.75. The highest BCUT2D eigenvalue weighted by atomic mass is 32.1. The number of thiazole rings is 1. The van der Waals surface area contributed by atoms with Crippen molar-refractivity contribution in [3.8, 4) is 0 Å². The zero-order chi connectivity index (χ0) is 14.3. The second-order valence-corrected chi connectivity index (χ2v) is 4.57. The van der Waals surface area contributed by atoms with Gasteiger partial charge in [-0.15, -0.1) is 11.3 Å². The minimum Gasteiger partial charge on any atom is -0.462 e. The summed E-state index contributed by atoms with van der Waals surface area (Å²) in [6.07, 6.45) is 0.928. The van der Waals surface area contributed by atoms with Gasteiger partial charge in [-0.05, 0) is 13.8 Å². The number of aromatic nitrogens is 1. The van der Waals surface area contributed by atoms with Crippen molar-refractivity contribution >= 4 is 23.4 Å². The molecule has 0 aliphatic rings. The third kappa shape index (κ3) is 4.70. The lowest BCUT2D eigenvalue weighted by Gasteiger charge is -2.02. The number of hydrogen-bond acceptors (Lipinski definition) is 6. The summed E-state index contributed by atoms with van der Waals surface area (Å²) in [4.78, 5) is 27.4. The summed E-state index contributed by atoms with van der Waals surface area (Å²) in [5.41, 5.74) is 0.597. The number of aryl methyl sites for hydroxylation is 1. The molecule has 0 bridgehead atoms. The molecule has 0 atom stereocenters. The van der Waals surface area contributed by atoms with Crippen LogP contribution in [0.4, 0.5) is 4.79 Å². The van der Waals surface area contributed by atoms with E-state index < -0.39 is 12.1 Å². The number of carbonyl (C=O) groups excluding carboxylic acids is 2. The maximum absolute atomic E-state index is 11.6. The monoisotopic (exact) mass is 284 g/mol. The summed E-state index contributed by atoms with van der Waals surface area (Å²) in [6, 6.07) is 0. The van der Waals surface area contributed by atoms with E-state index >= 15 is 0 Å². The van der Waals surface area contributed by atoms with Crippen LogP contribution in [-0.2, 0) is 16.0 Å². The van der Waals surface area contributed by atoms with Gasteiger partial charge in [-0.1, -0.05) is 12.7 Å². The van der Waals surface area contributed by atoms with Crippen LogP contribution in [0.2, 0.25) is 0 Å². The topological polar surface area (TPSA) is 77.5 Å². The van der Waals surface area contributed by atoms with Gasteiger partial charge < -0.3 is 14.8 Å². The van der Waals surface area contributed by atoms with Crippen LogP contribution in [-0.4, -0.2) is 30.3 Å². The molecule has 1 amide bonds. The van der Waals surface area contributed by atoms with E-state index in [4.69, 9.17) is 9.47 Å². The van der Waals surface area contributed by atoms with Gasteiger partial charge in [0.2, 0.25) is 0 Å². The van der Waals surface area contributed by atoms with Gasteiger partial charge in [-0.25, -0.2) is 14.6 Å². The fourth-order valence-electron chi connectivity index (χ4n) is 1.25. The van der Waals surface area contributed by atoms with Crippen LogP contribution < -0.4 is 5.32 Å².